The first-order valence-corrected chi connectivity index (χ1v) is 8.51. The predicted octanol–water partition coefficient (Wildman–Crippen LogP) is 2.13. The molecule has 112 valence electrons. The monoisotopic (exact) mass is 305 g/mol. The van der Waals surface area contributed by atoms with E-state index in [-0.39, 0.29) is 0 Å². The first-order valence-electron chi connectivity index (χ1n) is 6.62. The van der Waals surface area contributed by atoms with E-state index in [2.05, 4.69) is 14.6 Å². The van der Waals surface area contributed by atoms with Crippen LogP contribution in [0.2, 0.25) is 0 Å². The van der Waals surface area contributed by atoms with Gasteiger partial charge in [0.25, 0.3) is 0 Å². The molecule has 0 amide bonds. The molecule has 0 radical (unpaired) electrons. The number of likely N-dealkylation sites (N-methyl/N-ethyl adjacent to an activating group) is 1. The highest BCUT2D eigenvalue weighted by atomic mass is 32.2. The highest BCUT2D eigenvalue weighted by Gasteiger charge is 2.03. The summed E-state index contributed by atoms with van der Waals surface area (Å²) < 4.78 is 24.7. The summed E-state index contributed by atoms with van der Waals surface area (Å²) in [6, 6.07) is 11.4. The fourth-order valence-electron chi connectivity index (χ4n) is 1.98. The zero-order valence-electron chi connectivity index (χ0n) is 12.2. The van der Waals surface area contributed by atoms with Crippen LogP contribution in [0.25, 0.3) is 0 Å². The molecule has 0 bridgehead atoms. The molecule has 0 atom stereocenters. The Morgan fingerprint density at radius 1 is 1.10 bits per heavy atom. The van der Waals surface area contributed by atoms with Gasteiger partial charge in [-0.1, -0.05) is 12.1 Å². The van der Waals surface area contributed by atoms with Gasteiger partial charge in [0.15, 0.2) is 0 Å². The molecule has 0 saturated heterocycles. The number of hydrogen-bond donors (Lipinski definition) is 1. The van der Waals surface area contributed by atoms with Crippen LogP contribution in [0.1, 0.15) is 5.56 Å². The van der Waals surface area contributed by atoms with E-state index in [0.29, 0.717) is 5.69 Å². The Kier molecular flexibility index (Phi) is 4.80. The molecule has 0 spiro atoms. The van der Waals surface area contributed by atoms with E-state index in [1.807, 2.05) is 31.3 Å². The van der Waals surface area contributed by atoms with Crippen LogP contribution in [0.15, 0.2) is 48.8 Å². The number of pyridine rings is 1. The molecule has 1 N–H and O–H groups in total. The molecule has 0 aliphatic carbocycles. The molecule has 5 nitrogen and oxygen atoms in total. The third-order valence-corrected chi connectivity index (χ3v) is 3.70. The second-order valence-corrected chi connectivity index (χ2v) is 6.70. The van der Waals surface area contributed by atoms with Crippen molar-refractivity contribution in [3.8, 4) is 0 Å². The van der Waals surface area contributed by atoms with E-state index in [1.54, 1.807) is 24.5 Å². The van der Waals surface area contributed by atoms with Crippen molar-refractivity contribution in [3.63, 3.8) is 0 Å². The summed E-state index contributed by atoms with van der Waals surface area (Å²) in [5.74, 6) is 0. The van der Waals surface area contributed by atoms with Crippen molar-refractivity contribution in [3.05, 3.63) is 54.4 Å². The maximum atomic E-state index is 11.1. The molecule has 21 heavy (non-hydrogen) atoms. The molecule has 0 aliphatic heterocycles. The Labute approximate surface area is 125 Å². The van der Waals surface area contributed by atoms with Gasteiger partial charge in [-0.25, -0.2) is 8.42 Å². The standard InChI is InChI=1S/C15H19N3O2S/c1-18(15-7-10-16-11-8-15)12-9-13-3-5-14(6-4-13)17-21(2,19)20/h3-8,10-11,17H,9,12H2,1-2H3. The van der Waals surface area contributed by atoms with Crippen molar-refractivity contribution in [2.75, 3.05) is 29.5 Å². The van der Waals surface area contributed by atoms with Crippen LogP contribution in [0, 0.1) is 0 Å². The van der Waals surface area contributed by atoms with Crippen molar-refractivity contribution >= 4 is 21.4 Å². The van der Waals surface area contributed by atoms with Crippen LogP contribution in [0.3, 0.4) is 0 Å². The molecule has 6 heteroatoms. The fraction of sp³-hybridized carbons (Fsp3) is 0.267. The van der Waals surface area contributed by atoms with Crippen molar-refractivity contribution < 1.29 is 8.42 Å². The number of sulfonamides is 1. The summed E-state index contributed by atoms with van der Waals surface area (Å²) in [4.78, 5) is 6.16. The highest BCUT2D eigenvalue weighted by molar-refractivity contribution is 7.92. The normalized spacial score (nSPS) is 11.1. The van der Waals surface area contributed by atoms with Crippen LogP contribution in [0.4, 0.5) is 11.4 Å². The highest BCUT2D eigenvalue weighted by Crippen LogP contribution is 2.14. The predicted molar refractivity (Wildman–Crippen MR) is 86.1 cm³/mol. The van der Waals surface area contributed by atoms with E-state index in [9.17, 15) is 8.42 Å². The van der Waals surface area contributed by atoms with Crippen molar-refractivity contribution in [2.45, 2.75) is 6.42 Å². The van der Waals surface area contributed by atoms with Crippen LogP contribution in [0.5, 0.6) is 0 Å². The number of nitrogens with one attached hydrogen (secondary N) is 1. The van der Waals surface area contributed by atoms with E-state index < -0.39 is 10.0 Å². The van der Waals surface area contributed by atoms with Gasteiger partial charge in [-0.3, -0.25) is 9.71 Å². The third kappa shape index (κ3) is 5.07. The van der Waals surface area contributed by atoms with Gasteiger partial charge in [0.2, 0.25) is 10.0 Å². The van der Waals surface area contributed by atoms with Crippen molar-refractivity contribution in [1.82, 2.24) is 4.98 Å². The third-order valence-electron chi connectivity index (χ3n) is 3.10. The SMILES string of the molecule is CN(CCc1ccc(NS(C)(=O)=O)cc1)c1ccncc1. The Morgan fingerprint density at radius 3 is 2.29 bits per heavy atom. The van der Waals surface area contributed by atoms with Gasteiger partial charge >= 0.3 is 0 Å². The van der Waals surface area contributed by atoms with Crippen molar-refractivity contribution in [2.24, 2.45) is 0 Å². The summed E-state index contributed by atoms with van der Waals surface area (Å²) in [7, 11) is -1.18. The molecular weight excluding hydrogens is 286 g/mol. The van der Waals surface area contributed by atoms with Gasteiger partial charge in [0.05, 0.1) is 6.26 Å². The smallest absolute Gasteiger partial charge is 0.229 e. The van der Waals surface area contributed by atoms with Crippen LogP contribution >= 0.6 is 0 Å². The quantitative estimate of drug-likeness (QED) is 0.888. The van der Waals surface area contributed by atoms with Gasteiger partial charge in [0, 0.05) is 37.4 Å². The minimum atomic E-state index is -3.22. The molecule has 1 aromatic heterocycles. The zero-order chi connectivity index (χ0) is 15.3. The van der Waals surface area contributed by atoms with Gasteiger partial charge in [-0.2, -0.15) is 0 Å². The van der Waals surface area contributed by atoms with Gasteiger partial charge < -0.3 is 4.90 Å². The lowest BCUT2D eigenvalue weighted by Gasteiger charge is -2.19. The molecule has 0 fully saturated rings. The minimum Gasteiger partial charge on any atom is -0.374 e. The van der Waals surface area contributed by atoms with Gasteiger partial charge in [0.1, 0.15) is 0 Å². The first kappa shape index (κ1) is 15.3. The van der Waals surface area contributed by atoms with E-state index in [4.69, 9.17) is 0 Å². The van der Waals surface area contributed by atoms with Gasteiger partial charge in [-0.05, 0) is 36.2 Å². The minimum absolute atomic E-state index is 0.587. The summed E-state index contributed by atoms with van der Waals surface area (Å²) in [5.41, 5.74) is 2.87. The van der Waals surface area contributed by atoms with Gasteiger partial charge in [-0.15, -0.1) is 0 Å². The summed E-state index contributed by atoms with van der Waals surface area (Å²) in [6.45, 7) is 0.878. The Balaban J connectivity index is 1.92. The molecule has 2 rings (SSSR count). The largest absolute Gasteiger partial charge is 0.374 e. The number of benzene rings is 1. The Morgan fingerprint density at radius 2 is 1.71 bits per heavy atom. The maximum absolute atomic E-state index is 11.1. The molecule has 1 aromatic carbocycles. The summed E-state index contributed by atoms with van der Waals surface area (Å²) in [5, 5.41) is 0. The number of nitrogens with zero attached hydrogens (tertiary/aromatic N) is 2. The molecule has 0 aliphatic rings. The number of aromatic nitrogens is 1. The van der Waals surface area contributed by atoms with E-state index in [0.717, 1.165) is 30.5 Å². The average Bonchev–Trinajstić information content (AvgIpc) is 2.45. The Bertz CT molecular complexity index is 670. The molecule has 0 saturated carbocycles. The van der Waals surface area contributed by atoms with Crippen molar-refractivity contribution in [1.29, 1.82) is 0 Å². The molecular formula is C15H19N3O2S. The van der Waals surface area contributed by atoms with E-state index >= 15 is 0 Å². The first-order chi connectivity index (χ1) is 9.94. The summed E-state index contributed by atoms with van der Waals surface area (Å²) in [6.07, 6.45) is 5.58. The van der Waals surface area contributed by atoms with Crippen LogP contribution in [-0.4, -0.2) is 33.2 Å². The fourth-order valence-corrected chi connectivity index (χ4v) is 2.54. The maximum Gasteiger partial charge on any atom is 0.229 e. The second-order valence-electron chi connectivity index (χ2n) is 4.95. The molecule has 1 heterocycles. The lowest BCUT2D eigenvalue weighted by Crippen LogP contribution is -2.20. The average molecular weight is 305 g/mol. The van der Waals surface area contributed by atoms with E-state index in [1.165, 1.54) is 0 Å². The number of anilines is 2. The summed E-state index contributed by atoms with van der Waals surface area (Å²) >= 11 is 0. The second kappa shape index (κ2) is 6.58. The number of hydrogen-bond acceptors (Lipinski definition) is 4. The Hall–Kier alpha value is -2.08. The lowest BCUT2D eigenvalue weighted by atomic mass is 10.1. The number of rotatable bonds is 6. The van der Waals surface area contributed by atoms with Crippen LogP contribution in [-0.2, 0) is 16.4 Å². The molecule has 2 aromatic rings. The lowest BCUT2D eigenvalue weighted by molar-refractivity contribution is 0.607. The zero-order valence-corrected chi connectivity index (χ0v) is 13.0. The molecule has 0 unspecified atom stereocenters. The van der Waals surface area contributed by atoms with Crippen LogP contribution < -0.4 is 9.62 Å². The topological polar surface area (TPSA) is 62.3 Å².